The number of rotatable bonds is 9. The van der Waals surface area contributed by atoms with Crippen LogP contribution in [0.1, 0.15) is 18.1 Å². The molecule has 0 heterocycles. The van der Waals surface area contributed by atoms with E-state index in [1.54, 1.807) is 27.2 Å². The Morgan fingerprint density at radius 3 is 2.43 bits per heavy atom. The summed E-state index contributed by atoms with van der Waals surface area (Å²) < 4.78 is 10.5. The summed E-state index contributed by atoms with van der Waals surface area (Å²) in [7, 11) is 3.20. The van der Waals surface area contributed by atoms with Crippen LogP contribution >= 0.6 is 0 Å². The predicted octanol–water partition coefficient (Wildman–Crippen LogP) is 2.58. The molecule has 0 aliphatic carbocycles. The molecule has 6 nitrogen and oxygen atoms in total. The quantitative estimate of drug-likeness (QED) is 0.654. The molecule has 0 radical (unpaired) electrons. The van der Waals surface area contributed by atoms with Gasteiger partial charge in [-0.2, -0.15) is 0 Å². The minimum Gasteiger partial charge on any atom is -0.497 e. The predicted molar refractivity (Wildman–Crippen MR) is 109 cm³/mol. The highest BCUT2D eigenvalue weighted by molar-refractivity contribution is 5.98. The van der Waals surface area contributed by atoms with Crippen molar-refractivity contribution in [2.75, 3.05) is 27.3 Å². The van der Waals surface area contributed by atoms with Crippen molar-refractivity contribution in [2.24, 2.45) is 0 Å². The van der Waals surface area contributed by atoms with E-state index in [0.717, 1.165) is 22.6 Å². The Morgan fingerprint density at radius 1 is 1.00 bits per heavy atom. The first-order valence-electron chi connectivity index (χ1n) is 9.02. The summed E-state index contributed by atoms with van der Waals surface area (Å²) in [5.74, 6) is 0.955. The van der Waals surface area contributed by atoms with Crippen molar-refractivity contribution < 1.29 is 19.1 Å². The van der Waals surface area contributed by atoms with Gasteiger partial charge in [0.15, 0.2) is 0 Å². The summed E-state index contributed by atoms with van der Waals surface area (Å²) in [5, 5.41) is 5.42. The van der Waals surface area contributed by atoms with Crippen molar-refractivity contribution in [3.8, 4) is 11.5 Å². The van der Waals surface area contributed by atoms with E-state index in [2.05, 4.69) is 10.6 Å². The van der Waals surface area contributed by atoms with Gasteiger partial charge in [-0.05, 0) is 48.7 Å². The Bertz CT molecular complexity index is 832. The van der Waals surface area contributed by atoms with Gasteiger partial charge in [0.1, 0.15) is 11.5 Å². The topological polar surface area (TPSA) is 76.7 Å². The van der Waals surface area contributed by atoms with Crippen LogP contribution in [0.3, 0.4) is 0 Å². The SMILES string of the molecule is COc1ccc(OC)c(CCNC(=O)CNC(=O)/C(C)=C/c2ccccc2)c1. The molecule has 0 bridgehead atoms. The number of ether oxygens (including phenoxy) is 2. The molecule has 0 fully saturated rings. The van der Waals surface area contributed by atoms with Crippen LogP contribution in [0.5, 0.6) is 11.5 Å². The van der Waals surface area contributed by atoms with Gasteiger partial charge in [0.2, 0.25) is 11.8 Å². The molecule has 2 aromatic rings. The summed E-state index contributed by atoms with van der Waals surface area (Å²) in [6.45, 7) is 2.07. The first-order chi connectivity index (χ1) is 13.5. The van der Waals surface area contributed by atoms with Crippen molar-refractivity contribution in [1.82, 2.24) is 10.6 Å². The largest absolute Gasteiger partial charge is 0.497 e. The maximum atomic E-state index is 12.1. The van der Waals surface area contributed by atoms with Crippen molar-refractivity contribution in [2.45, 2.75) is 13.3 Å². The first-order valence-corrected chi connectivity index (χ1v) is 9.02. The first kappa shape index (κ1) is 21.0. The molecule has 148 valence electrons. The van der Waals surface area contributed by atoms with Gasteiger partial charge < -0.3 is 20.1 Å². The summed E-state index contributed by atoms with van der Waals surface area (Å²) in [6, 6.07) is 15.1. The highest BCUT2D eigenvalue weighted by Crippen LogP contribution is 2.24. The van der Waals surface area contributed by atoms with Crippen LogP contribution in [0.15, 0.2) is 54.1 Å². The van der Waals surface area contributed by atoms with Crippen LogP contribution < -0.4 is 20.1 Å². The minimum atomic E-state index is -0.270. The fraction of sp³-hybridized carbons (Fsp3) is 0.273. The van der Waals surface area contributed by atoms with Crippen LogP contribution in [0.2, 0.25) is 0 Å². The van der Waals surface area contributed by atoms with Crippen LogP contribution in [0, 0.1) is 0 Å². The normalized spacial score (nSPS) is 10.9. The van der Waals surface area contributed by atoms with E-state index in [9.17, 15) is 9.59 Å². The summed E-state index contributed by atoms with van der Waals surface area (Å²) in [4.78, 5) is 24.1. The second-order valence-electron chi connectivity index (χ2n) is 6.20. The van der Waals surface area contributed by atoms with Crippen molar-refractivity contribution in [3.05, 3.63) is 65.2 Å². The molecule has 28 heavy (non-hydrogen) atoms. The number of carbonyl (C=O) groups excluding carboxylic acids is 2. The molecule has 0 spiro atoms. The highest BCUT2D eigenvalue weighted by Gasteiger charge is 2.09. The van der Waals surface area contributed by atoms with Crippen LogP contribution in [0.25, 0.3) is 6.08 Å². The molecule has 0 atom stereocenters. The molecular weight excluding hydrogens is 356 g/mol. The molecule has 0 aliphatic rings. The molecule has 0 unspecified atom stereocenters. The Morgan fingerprint density at radius 2 is 1.75 bits per heavy atom. The highest BCUT2D eigenvalue weighted by atomic mass is 16.5. The Hall–Kier alpha value is -3.28. The third-order valence-electron chi connectivity index (χ3n) is 4.15. The Kier molecular flexibility index (Phi) is 8.09. The maximum absolute atomic E-state index is 12.1. The number of methoxy groups -OCH3 is 2. The van der Waals surface area contributed by atoms with E-state index in [1.807, 2.05) is 48.5 Å². The lowest BCUT2D eigenvalue weighted by Crippen LogP contribution is -2.38. The zero-order chi connectivity index (χ0) is 20.4. The van der Waals surface area contributed by atoms with Gasteiger partial charge in [0.05, 0.1) is 20.8 Å². The summed E-state index contributed by atoms with van der Waals surface area (Å²) in [5.41, 5.74) is 2.42. The van der Waals surface area contributed by atoms with E-state index in [4.69, 9.17) is 9.47 Å². The van der Waals surface area contributed by atoms with E-state index in [1.165, 1.54) is 0 Å². The molecule has 2 rings (SSSR count). The van der Waals surface area contributed by atoms with Gasteiger partial charge in [0, 0.05) is 12.1 Å². The Labute approximate surface area is 165 Å². The Balaban J connectivity index is 1.78. The molecule has 0 saturated heterocycles. The van der Waals surface area contributed by atoms with E-state index < -0.39 is 0 Å². The average Bonchev–Trinajstić information content (AvgIpc) is 2.72. The van der Waals surface area contributed by atoms with Crippen molar-refractivity contribution >= 4 is 17.9 Å². The standard InChI is InChI=1S/C22H26N2O4/c1-16(13-17-7-5-4-6-8-17)22(26)24-15-21(25)23-12-11-18-14-19(27-2)9-10-20(18)28-3/h4-10,13-14H,11-12,15H2,1-3H3,(H,23,25)(H,24,26)/b16-13+. The molecule has 2 amide bonds. The summed E-state index contributed by atoms with van der Waals surface area (Å²) >= 11 is 0. The molecule has 6 heteroatoms. The number of nitrogens with one attached hydrogen (secondary N) is 2. The van der Waals surface area contributed by atoms with Crippen molar-refractivity contribution in [1.29, 1.82) is 0 Å². The van der Waals surface area contributed by atoms with Crippen LogP contribution in [-0.2, 0) is 16.0 Å². The van der Waals surface area contributed by atoms with E-state index >= 15 is 0 Å². The monoisotopic (exact) mass is 382 g/mol. The summed E-state index contributed by atoms with van der Waals surface area (Å²) in [6.07, 6.45) is 2.37. The van der Waals surface area contributed by atoms with Crippen molar-refractivity contribution in [3.63, 3.8) is 0 Å². The third-order valence-corrected chi connectivity index (χ3v) is 4.15. The number of benzene rings is 2. The van der Waals surface area contributed by atoms with Gasteiger partial charge in [0.25, 0.3) is 0 Å². The molecule has 0 saturated carbocycles. The lowest BCUT2D eigenvalue weighted by molar-refractivity contribution is -0.124. The number of hydrogen-bond acceptors (Lipinski definition) is 4. The van der Waals surface area contributed by atoms with Gasteiger partial charge >= 0.3 is 0 Å². The lowest BCUT2D eigenvalue weighted by Gasteiger charge is -2.11. The van der Waals surface area contributed by atoms with E-state index in [-0.39, 0.29) is 18.4 Å². The van der Waals surface area contributed by atoms with E-state index in [0.29, 0.717) is 18.5 Å². The van der Waals surface area contributed by atoms with Gasteiger partial charge in [-0.3, -0.25) is 9.59 Å². The number of amides is 2. The molecule has 2 N–H and O–H groups in total. The molecule has 2 aromatic carbocycles. The lowest BCUT2D eigenvalue weighted by atomic mass is 10.1. The van der Waals surface area contributed by atoms with Gasteiger partial charge in [-0.1, -0.05) is 30.3 Å². The minimum absolute atomic E-state index is 0.0753. The number of carbonyl (C=O) groups is 2. The number of hydrogen-bond donors (Lipinski definition) is 2. The smallest absolute Gasteiger partial charge is 0.247 e. The maximum Gasteiger partial charge on any atom is 0.247 e. The molecule has 0 aromatic heterocycles. The fourth-order valence-electron chi connectivity index (χ4n) is 2.64. The fourth-order valence-corrected chi connectivity index (χ4v) is 2.64. The zero-order valence-corrected chi connectivity index (χ0v) is 16.5. The molecular formula is C22H26N2O4. The third kappa shape index (κ3) is 6.46. The second kappa shape index (κ2) is 10.8. The molecule has 0 aliphatic heterocycles. The van der Waals surface area contributed by atoms with Gasteiger partial charge in [-0.15, -0.1) is 0 Å². The van der Waals surface area contributed by atoms with Crippen LogP contribution in [-0.4, -0.2) is 39.1 Å². The zero-order valence-electron chi connectivity index (χ0n) is 16.5. The average molecular weight is 382 g/mol. The van der Waals surface area contributed by atoms with Crippen LogP contribution in [0.4, 0.5) is 0 Å². The van der Waals surface area contributed by atoms with Gasteiger partial charge in [-0.25, -0.2) is 0 Å². The second-order valence-corrected chi connectivity index (χ2v) is 6.20.